The summed E-state index contributed by atoms with van der Waals surface area (Å²) in [5.74, 6) is -3.37. The van der Waals surface area contributed by atoms with Crippen LogP contribution in [0.5, 0.6) is 0 Å². The van der Waals surface area contributed by atoms with Crippen molar-refractivity contribution in [3.8, 4) is 0 Å². The predicted molar refractivity (Wildman–Crippen MR) is 207 cm³/mol. The van der Waals surface area contributed by atoms with Crippen molar-refractivity contribution < 1.29 is 46.3 Å². The van der Waals surface area contributed by atoms with Crippen LogP contribution in [0.4, 0.5) is 14.0 Å². The lowest BCUT2D eigenvalue weighted by Gasteiger charge is -2.30. The van der Waals surface area contributed by atoms with Gasteiger partial charge < -0.3 is 25.0 Å². The highest BCUT2D eigenvalue weighted by molar-refractivity contribution is 7.89. The van der Waals surface area contributed by atoms with Gasteiger partial charge in [-0.2, -0.15) is 0 Å². The van der Waals surface area contributed by atoms with E-state index in [2.05, 4.69) is 15.4 Å². The molecule has 3 fully saturated rings. The van der Waals surface area contributed by atoms with E-state index < -0.39 is 80.8 Å². The predicted octanol–water partition coefficient (Wildman–Crippen LogP) is 5.02. The summed E-state index contributed by atoms with van der Waals surface area (Å²) in [6.07, 6.45) is 2.11. The second kappa shape index (κ2) is 16.6. The number of nitrogens with one attached hydrogen (secondary N) is 3. The average molecular weight is 812 g/mol. The highest BCUT2D eigenvalue weighted by Gasteiger charge is 2.62. The molecule has 2 saturated heterocycles. The zero-order chi connectivity index (χ0) is 41.3. The zero-order valence-corrected chi connectivity index (χ0v) is 34.1. The SMILES string of the molecule is Cc1ccc(C)c(CS(=O)(=O)NC(=O)[C@@]23C[C@H]2CCCCCCC[C@H](NC(=O)OC(C)(C)C)C(=O)N2C[C@H](OC(=O)N4Cc5cccc(F)c5C4)C[C@H]2C(=O)N3)c1. The number of amides is 5. The summed E-state index contributed by atoms with van der Waals surface area (Å²) in [6.45, 7) is 8.65. The maximum Gasteiger partial charge on any atom is 0.410 e. The molecular formula is C41H54FN5O9S. The lowest BCUT2D eigenvalue weighted by molar-refractivity contribution is -0.141. The molecule has 0 radical (unpaired) electrons. The third kappa shape index (κ3) is 10.1. The van der Waals surface area contributed by atoms with Gasteiger partial charge >= 0.3 is 12.2 Å². The van der Waals surface area contributed by atoms with Gasteiger partial charge in [0.25, 0.3) is 5.91 Å². The molecule has 4 aliphatic rings. The molecule has 2 aromatic rings. The number of ether oxygens (including phenoxy) is 2. The van der Waals surface area contributed by atoms with Gasteiger partial charge in [-0.1, -0.05) is 68.0 Å². The number of hydrogen-bond acceptors (Lipinski definition) is 9. The van der Waals surface area contributed by atoms with Gasteiger partial charge in [-0.3, -0.25) is 24.0 Å². The molecule has 3 aliphatic heterocycles. The Bertz CT molecular complexity index is 2020. The van der Waals surface area contributed by atoms with Crippen molar-refractivity contribution in [3.05, 3.63) is 70.0 Å². The number of rotatable bonds is 6. The fourth-order valence-electron chi connectivity index (χ4n) is 8.18. The molecule has 6 rings (SSSR count). The Kier molecular flexibility index (Phi) is 12.2. The largest absolute Gasteiger partial charge is 0.444 e. The number of fused-ring (bicyclic) bond motifs is 3. The third-order valence-corrected chi connectivity index (χ3v) is 12.5. The summed E-state index contributed by atoms with van der Waals surface area (Å²) in [7, 11) is -4.18. The van der Waals surface area contributed by atoms with Crippen LogP contribution in [0.3, 0.4) is 0 Å². The van der Waals surface area contributed by atoms with Gasteiger partial charge in [0.15, 0.2) is 0 Å². The van der Waals surface area contributed by atoms with Crippen LogP contribution >= 0.6 is 0 Å². The van der Waals surface area contributed by atoms with Crippen molar-refractivity contribution in [2.75, 3.05) is 6.54 Å². The first-order valence-electron chi connectivity index (χ1n) is 19.8. The van der Waals surface area contributed by atoms with Gasteiger partial charge in [-0.15, -0.1) is 0 Å². The van der Waals surface area contributed by atoms with Crippen molar-refractivity contribution in [2.24, 2.45) is 5.92 Å². The summed E-state index contributed by atoms with van der Waals surface area (Å²) >= 11 is 0. The number of alkyl carbamates (subject to hydrolysis) is 1. The monoisotopic (exact) mass is 811 g/mol. The number of halogens is 1. The van der Waals surface area contributed by atoms with E-state index in [4.69, 9.17) is 9.47 Å². The first-order chi connectivity index (χ1) is 26.8. The second-order valence-electron chi connectivity index (χ2n) is 17.0. The number of sulfonamides is 1. The highest BCUT2D eigenvalue weighted by Crippen LogP contribution is 2.48. The Morgan fingerprint density at radius 1 is 1.00 bits per heavy atom. The molecule has 3 heterocycles. The van der Waals surface area contributed by atoms with E-state index in [9.17, 15) is 36.8 Å². The summed E-state index contributed by atoms with van der Waals surface area (Å²) in [5, 5.41) is 5.55. The van der Waals surface area contributed by atoms with E-state index in [0.29, 0.717) is 29.5 Å². The van der Waals surface area contributed by atoms with E-state index in [-0.39, 0.29) is 44.8 Å². The molecule has 16 heteroatoms. The number of carbonyl (C=O) groups excluding carboxylic acids is 5. The van der Waals surface area contributed by atoms with E-state index in [1.807, 2.05) is 19.1 Å². The Labute approximate surface area is 333 Å². The average Bonchev–Trinajstić information content (AvgIpc) is 3.40. The molecular weight excluding hydrogens is 758 g/mol. The number of nitrogens with zero attached hydrogens (tertiary/aromatic N) is 2. The number of benzene rings is 2. The maximum absolute atomic E-state index is 14.5. The molecule has 14 nitrogen and oxygen atoms in total. The number of carbonyl (C=O) groups is 5. The van der Waals surface area contributed by atoms with Crippen LogP contribution in [0.25, 0.3) is 0 Å². The van der Waals surface area contributed by atoms with Crippen LogP contribution in [0.15, 0.2) is 36.4 Å². The topological polar surface area (TPSA) is 181 Å². The third-order valence-electron chi connectivity index (χ3n) is 11.3. The maximum atomic E-state index is 14.5. The fraction of sp³-hybridized carbons (Fsp3) is 0.585. The Morgan fingerprint density at radius 3 is 2.44 bits per heavy atom. The van der Waals surface area contributed by atoms with Gasteiger partial charge in [-0.05, 0) is 82.6 Å². The van der Waals surface area contributed by atoms with E-state index in [1.54, 1.807) is 45.9 Å². The molecule has 0 unspecified atom stereocenters. The molecule has 57 heavy (non-hydrogen) atoms. The molecule has 0 spiro atoms. The van der Waals surface area contributed by atoms with Crippen molar-refractivity contribution >= 4 is 39.9 Å². The summed E-state index contributed by atoms with van der Waals surface area (Å²) < 4.78 is 54.9. The summed E-state index contributed by atoms with van der Waals surface area (Å²) in [6, 6.07) is 7.73. The Morgan fingerprint density at radius 2 is 1.72 bits per heavy atom. The van der Waals surface area contributed by atoms with E-state index in [1.165, 1.54) is 15.9 Å². The van der Waals surface area contributed by atoms with Gasteiger partial charge in [0.1, 0.15) is 35.1 Å². The minimum Gasteiger partial charge on any atom is -0.444 e. The molecule has 0 aromatic heterocycles. The van der Waals surface area contributed by atoms with Crippen molar-refractivity contribution in [1.82, 2.24) is 25.2 Å². The van der Waals surface area contributed by atoms with Crippen molar-refractivity contribution in [1.29, 1.82) is 0 Å². The molecule has 5 amide bonds. The van der Waals surface area contributed by atoms with E-state index >= 15 is 0 Å². The van der Waals surface area contributed by atoms with Gasteiger partial charge in [0.2, 0.25) is 21.8 Å². The van der Waals surface area contributed by atoms with Crippen LogP contribution in [-0.2, 0) is 52.7 Å². The first-order valence-corrected chi connectivity index (χ1v) is 21.4. The van der Waals surface area contributed by atoms with Crippen LogP contribution in [0, 0.1) is 25.6 Å². The van der Waals surface area contributed by atoms with Gasteiger partial charge in [-0.25, -0.2) is 22.4 Å². The van der Waals surface area contributed by atoms with E-state index in [0.717, 1.165) is 36.8 Å². The quantitative estimate of drug-likeness (QED) is 0.361. The fourth-order valence-corrected chi connectivity index (χ4v) is 9.43. The molecule has 0 bridgehead atoms. The Hall–Kier alpha value is -4.73. The first kappa shape index (κ1) is 41.9. The minimum absolute atomic E-state index is 0.00657. The van der Waals surface area contributed by atoms with Crippen molar-refractivity contribution in [3.63, 3.8) is 0 Å². The van der Waals surface area contributed by atoms with Gasteiger partial charge in [0, 0.05) is 18.5 Å². The Balaban J connectivity index is 1.25. The van der Waals surface area contributed by atoms with Crippen LogP contribution in [0.2, 0.25) is 0 Å². The van der Waals surface area contributed by atoms with Crippen LogP contribution in [0.1, 0.15) is 106 Å². The molecule has 3 N–H and O–H groups in total. The van der Waals surface area contributed by atoms with Crippen molar-refractivity contribution in [2.45, 2.75) is 141 Å². The normalized spacial score (nSPS) is 25.5. The molecule has 1 aliphatic carbocycles. The molecule has 1 saturated carbocycles. The summed E-state index contributed by atoms with van der Waals surface area (Å²) in [5.41, 5.74) is 0.815. The second-order valence-corrected chi connectivity index (χ2v) is 18.7. The zero-order valence-electron chi connectivity index (χ0n) is 33.3. The minimum atomic E-state index is -4.18. The number of aryl methyl sites for hydroxylation is 2. The molecule has 2 aromatic carbocycles. The smallest absolute Gasteiger partial charge is 0.410 e. The van der Waals surface area contributed by atoms with Crippen LogP contribution < -0.4 is 15.4 Å². The number of hydrogen-bond donors (Lipinski definition) is 3. The summed E-state index contributed by atoms with van der Waals surface area (Å²) in [4.78, 5) is 71.9. The standard InChI is InChI=1S/C41H54FN5O9S/c1-25-16-17-26(2)28(18-25)24-57(53,54)45-37(50)41-20-29(41)13-9-7-6-8-10-15-33(43-38(51)56-40(3,4)5)36(49)47-22-30(19-34(47)35(48)44-41)55-39(52)46-21-27-12-11-14-32(42)31(27)23-46/h11-12,14,16-18,29-30,33-34H,6-10,13,15,19-24H2,1-5H3,(H,43,51)(H,44,48)(H,45,50)/t29-,30-,33+,34+,41-/m1/s1. The lowest BCUT2D eigenvalue weighted by atomic mass is 10.0. The highest BCUT2D eigenvalue weighted by atomic mass is 32.2. The van der Waals surface area contributed by atoms with Crippen LogP contribution in [-0.4, -0.2) is 84.0 Å². The molecule has 5 atom stereocenters. The van der Waals surface area contributed by atoms with Gasteiger partial charge in [0.05, 0.1) is 18.8 Å². The lowest BCUT2D eigenvalue weighted by Crippen LogP contribution is -2.58. The molecule has 310 valence electrons.